The molecule has 0 saturated carbocycles. The lowest BCUT2D eigenvalue weighted by Gasteiger charge is -2.21. The van der Waals surface area contributed by atoms with Crippen molar-refractivity contribution >= 4 is 15.8 Å². The zero-order valence-electron chi connectivity index (χ0n) is 16.3. The normalized spacial score (nSPS) is 12.3. The molecule has 0 fully saturated rings. The van der Waals surface area contributed by atoms with Gasteiger partial charge in [0.1, 0.15) is 5.75 Å². The van der Waals surface area contributed by atoms with Crippen LogP contribution in [0.3, 0.4) is 0 Å². The molecule has 0 aliphatic rings. The Bertz CT molecular complexity index is 1080. The fourth-order valence-electron chi connectivity index (χ4n) is 3.07. The minimum absolute atomic E-state index is 0.0323. The van der Waals surface area contributed by atoms with Gasteiger partial charge < -0.3 is 4.74 Å². The highest BCUT2D eigenvalue weighted by atomic mass is 32.2. The van der Waals surface area contributed by atoms with Crippen molar-refractivity contribution in [1.82, 2.24) is 4.72 Å². The third-order valence-corrected chi connectivity index (χ3v) is 6.12. The second-order valence-corrected chi connectivity index (χ2v) is 8.44. The van der Waals surface area contributed by atoms with Gasteiger partial charge in [-0.05, 0) is 25.1 Å². The van der Waals surface area contributed by atoms with Crippen LogP contribution in [0.25, 0.3) is 0 Å². The molecular formula is C23H23NO4S. The van der Waals surface area contributed by atoms with Gasteiger partial charge in [0.2, 0.25) is 10.0 Å². The summed E-state index contributed by atoms with van der Waals surface area (Å²) in [6.45, 7) is 1.89. The van der Waals surface area contributed by atoms with E-state index in [0.717, 1.165) is 5.56 Å². The van der Waals surface area contributed by atoms with E-state index in [1.165, 1.54) is 7.11 Å². The minimum Gasteiger partial charge on any atom is -0.496 e. The molecule has 0 aliphatic carbocycles. The van der Waals surface area contributed by atoms with E-state index in [4.69, 9.17) is 4.74 Å². The third kappa shape index (κ3) is 5.10. The minimum atomic E-state index is -3.83. The van der Waals surface area contributed by atoms with Crippen LogP contribution in [0.2, 0.25) is 0 Å². The van der Waals surface area contributed by atoms with Crippen molar-refractivity contribution in [2.24, 2.45) is 0 Å². The van der Waals surface area contributed by atoms with E-state index < -0.39 is 16.1 Å². The number of rotatable bonds is 8. The van der Waals surface area contributed by atoms with Crippen LogP contribution in [0.4, 0.5) is 0 Å². The number of nitrogens with one attached hydrogen (secondary N) is 1. The topological polar surface area (TPSA) is 72.5 Å². The summed E-state index contributed by atoms with van der Waals surface area (Å²) in [5.41, 5.74) is 2.10. The lowest BCUT2D eigenvalue weighted by atomic mass is 9.98. The summed E-state index contributed by atoms with van der Waals surface area (Å²) in [5, 5.41) is 0. The molecule has 0 amide bonds. The second kappa shape index (κ2) is 9.03. The number of benzene rings is 3. The Morgan fingerprint density at radius 3 is 2.21 bits per heavy atom. The molecule has 3 aromatic rings. The zero-order valence-corrected chi connectivity index (χ0v) is 17.1. The molecule has 6 heteroatoms. The average Bonchev–Trinajstić information content (AvgIpc) is 2.74. The van der Waals surface area contributed by atoms with E-state index in [9.17, 15) is 13.2 Å². The molecular weight excluding hydrogens is 386 g/mol. The van der Waals surface area contributed by atoms with E-state index in [-0.39, 0.29) is 17.1 Å². The predicted octanol–water partition coefficient (Wildman–Crippen LogP) is 4.30. The molecule has 0 radical (unpaired) electrons. The molecule has 0 bridgehead atoms. The number of hydrogen-bond acceptors (Lipinski definition) is 4. The highest BCUT2D eigenvalue weighted by Gasteiger charge is 2.26. The van der Waals surface area contributed by atoms with Crippen LogP contribution >= 0.6 is 0 Å². The Balaban J connectivity index is 1.96. The van der Waals surface area contributed by atoms with Crippen molar-refractivity contribution in [3.8, 4) is 5.75 Å². The van der Waals surface area contributed by atoms with Crippen molar-refractivity contribution < 1.29 is 17.9 Å². The maximum Gasteiger partial charge on any atom is 0.241 e. The smallest absolute Gasteiger partial charge is 0.241 e. The SMILES string of the molecule is COc1ccccc1[C@H](CC(=O)c1ccccc1)NS(=O)(=O)c1ccc(C)cc1. The van der Waals surface area contributed by atoms with Gasteiger partial charge in [0.05, 0.1) is 18.0 Å². The summed E-state index contributed by atoms with van der Waals surface area (Å²) in [5.74, 6) is 0.359. The maximum absolute atomic E-state index is 13.0. The van der Waals surface area contributed by atoms with Crippen molar-refractivity contribution in [3.05, 3.63) is 95.6 Å². The lowest BCUT2D eigenvalue weighted by molar-refractivity contribution is 0.0972. The van der Waals surface area contributed by atoms with Gasteiger partial charge in [-0.3, -0.25) is 4.79 Å². The zero-order chi connectivity index (χ0) is 20.9. The molecule has 29 heavy (non-hydrogen) atoms. The summed E-state index contributed by atoms with van der Waals surface area (Å²) < 4.78 is 34.1. The highest BCUT2D eigenvalue weighted by Crippen LogP contribution is 2.29. The Morgan fingerprint density at radius 2 is 1.55 bits per heavy atom. The van der Waals surface area contributed by atoms with Crippen LogP contribution in [-0.4, -0.2) is 21.3 Å². The molecule has 0 unspecified atom stereocenters. The van der Waals surface area contributed by atoms with Crippen molar-refractivity contribution in [2.75, 3.05) is 7.11 Å². The largest absolute Gasteiger partial charge is 0.496 e. The van der Waals surface area contributed by atoms with Crippen LogP contribution < -0.4 is 9.46 Å². The molecule has 3 rings (SSSR count). The Labute approximate surface area is 171 Å². The Hall–Kier alpha value is -2.96. The predicted molar refractivity (Wildman–Crippen MR) is 113 cm³/mol. The number of hydrogen-bond donors (Lipinski definition) is 1. The number of carbonyl (C=O) groups is 1. The first-order chi connectivity index (χ1) is 13.9. The quantitative estimate of drug-likeness (QED) is 0.563. The molecule has 0 aliphatic heterocycles. The standard InChI is InChI=1S/C23H23NO4S/c1-17-12-14-19(15-13-17)29(26,27)24-21(20-10-6-7-11-23(20)28-2)16-22(25)18-8-4-3-5-9-18/h3-15,21,24H,16H2,1-2H3/t21-/m0/s1. The van der Waals surface area contributed by atoms with Gasteiger partial charge in [-0.1, -0.05) is 66.2 Å². The number of sulfonamides is 1. The number of carbonyl (C=O) groups excluding carboxylic acids is 1. The Morgan fingerprint density at radius 1 is 0.931 bits per heavy atom. The molecule has 3 aromatic carbocycles. The van der Waals surface area contributed by atoms with E-state index in [0.29, 0.717) is 16.9 Å². The van der Waals surface area contributed by atoms with E-state index in [1.807, 2.05) is 13.0 Å². The first-order valence-corrected chi connectivity index (χ1v) is 10.7. The summed E-state index contributed by atoms with van der Waals surface area (Å²) in [7, 11) is -2.32. The second-order valence-electron chi connectivity index (χ2n) is 6.72. The van der Waals surface area contributed by atoms with Gasteiger partial charge in [0, 0.05) is 17.5 Å². The van der Waals surface area contributed by atoms with Crippen LogP contribution in [0.15, 0.2) is 83.8 Å². The summed E-state index contributed by atoms with van der Waals surface area (Å²) in [6.07, 6.45) is -0.0323. The van der Waals surface area contributed by atoms with E-state index in [1.54, 1.807) is 72.8 Å². The van der Waals surface area contributed by atoms with Crippen LogP contribution in [-0.2, 0) is 10.0 Å². The molecule has 0 heterocycles. The number of para-hydroxylation sites is 1. The first kappa shape index (κ1) is 20.8. The van der Waals surface area contributed by atoms with Crippen molar-refractivity contribution in [3.63, 3.8) is 0 Å². The van der Waals surface area contributed by atoms with Gasteiger partial charge in [0.15, 0.2) is 5.78 Å². The molecule has 0 saturated heterocycles. The fraction of sp³-hybridized carbons (Fsp3) is 0.174. The third-order valence-electron chi connectivity index (χ3n) is 4.63. The Kier molecular flexibility index (Phi) is 6.46. The van der Waals surface area contributed by atoms with Crippen molar-refractivity contribution in [2.45, 2.75) is 24.3 Å². The molecule has 0 aromatic heterocycles. The lowest BCUT2D eigenvalue weighted by Crippen LogP contribution is -2.30. The number of Topliss-reactive ketones (excluding diaryl/α,β-unsaturated/α-hetero) is 1. The van der Waals surface area contributed by atoms with Gasteiger partial charge in [0.25, 0.3) is 0 Å². The molecule has 1 N–H and O–H groups in total. The molecule has 0 spiro atoms. The highest BCUT2D eigenvalue weighted by molar-refractivity contribution is 7.89. The average molecular weight is 410 g/mol. The van der Waals surface area contributed by atoms with Gasteiger partial charge in [-0.25, -0.2) is 13.1 Å². The summed E-state index contributed by atoms with van der Waals surface area (Å²) in [6, 6.07) is 21.7. The summed E-state index contributed by atoms with van der Waals surface area (Å²) in [4.78, 5) is 13.0. The molecule has 150 valence electrons. The van der Waals surface area contributed by atoms with Crippen LogP contribution in [0.5, 0.6) is 5.75 Å². The number of ketones is 1. The number of aryl methyl sites for hydroxylation is 1. The summed E-state index contributed by atoms with van der Waals surface area (Å²) >= 11 is 0. The monoisotopic (exact) mass is 409 g/mol. The van der Waals surface area contributed by atoms with Gasteiger partial charge in [-0.2, -0.15) is 0 Å². The van der Waals surface area contributed by atoms with Crippen molar-refractivity contribution in [1.29, 1.82) is 0 Å². The fourth-order valence-corrected chi connectivity index (χ4v) is 4.28. The van der Waals surface area contributed by atoms with E-state index >= 15 is 0 Å². The van der Waals surface area contributed by atoms with Gasteiger partial charge in [-0.15, -0.1) is 0 Å². The van der Waals surface area contributed by atoms with E-state index in [2.05, 4.69) is 4.72 Å². The molecule has 1 atom stereocenters. The number of ether oxygens (including phenoxy) is 1. The van der Waals surface area contributed by atoms with Crippen LogP contribution in [0.1, 0.15) is 33.9 Å². The maximum atomic E-state index is 13.0. The van der Waals surface area contributed by atoms with Gasteiger partial charge >= 0.3 is 0 Å². The number of methoxy groups -OCH3 is 1. The first-order valence-electron chi connectivity index (χ1n) is 9.21. The van der Waals surface area contributed by atoms with Crippen LogP contribution in [0, 0.1) is 6.92 Å². The molecule has 5 nitrogen and oxygen atoms in total.